The summed E-state index contributed by atoms with van der Waals surface area (Å²) >= 11 is 0. The van der Waals surface area contributed by atoms with Crippen molar-refractivity contribution in [3.8, 4) is 0 Å². The number of oxime groups is 1. The van der Waals surface area contributed by atoms with Crippen LogP contribution >= 0.6 is 0 Å². The summed E-state index contributed by atoms with van der Waals surface area (Å²) in [6.07, 6.45) is 0.645. The molecule has 5 nitrogen and oxygen atoms in total. The number of hydrogen-bond donors (Lipinski definition) is 1. The first kappa shape index (κ1) is 7.74. The van der Waals surface area contributed by atoms with E-state index in [2.05, 4.69) is 10.3 Å². The summed E-state index contributed by atoms with van der Waals surface area (Å²) < 4.78 is 0. The Kier molecular flexibility index (Phi) is 3.19. The number of hydrogen-bond acceptors (Lipinski definition) is 5. The molecule has 0 aliphatic heterocycles. The first-order valence-electron chi connectivity index (χ1n) is 2.26. The van der Waals surface area contributed by atoms with Crippen LogP contribution in [0.3, 0.4) is 0 Å². The molecule has 0 aliphatic carbocycles. The first-order valence-corrected chi connectivity index (χ1v) is 2.26. The van der Waals surface area contributed by atoms with Crippen LogP contribution < -0.4 is 0 Å². The lowest BCUT2D eigenvalue weighted by Gasteiger charge is -1.90. The van der Waals surface area contributed by atoms with Crippen LogP contribution in [0.1, 0.15) is 6.92 Å². The van der Waals surface area contributed by atoms with Crippen molar-refractivity contribution < 1.29 is 10.0 Å². The predicted molar refractivity (Wildman–Crippen MR) is 30.5 cm³/mol. The summed E-state index contributed by atoms with van der Waals surface area (Å²) in [4.78, 5) is 20.0. The highest BCUT2D eigenvalue weighted by molar-refractivity contribution is 6.29. The van der Waals surface area contributed by atoms with E-state index in [9.17, 15) is 9.70 Å². The molecule has 0 radical (unpaired) electrons. The summed E-state index contributed by atoms with van der Waals surface area (Å²) in [5.41, 5.74) is 0. The van der Waals surface area contributed by atoms with Crippen molar-refractivity contribution in [1.29, 1.82) is 0 Å². The minimum atomic E-state index is -0.957. The second-order valence-electron chi connectivity index (χ2n) is 1.43. The Bertz CT molecular complexity index is 143. The monoisotopic (exact) mass is 130 g/mol. The number of ketones is 1. The topological polar surface area (TPSA) is 79.1 Å². The highest BCUT2D eigenvalue weighted by Crippen LogP contribution is 1.86. The molecular formula is C4H6N2O3. The molecule has 0 aromatic rings. The van der Waals surface area contributed by atoms with E-state index in [1.807, 2.05) is 0 Å². The molecule has 9 heavy (non-hydrogen) atoms. The molecule has 0 saturated heterocycles. The molecule has 0 fully saturated rings. The molecule has 0 aromatic carbocycles. The number of nitrogens with zero attached hydrogens (tertiary/aromatic N) is 2. The smallest absolute Gasteiger partial charge is 0.204 e. The van der Waals surface area contributed by atoms with Crippen molar-refractivity contribution >= 4 is 12.0 Å². The van der Waals surface area contributed by atoms with Crippen molar-refractivity contribution in [3.05, 3.63) is 4.91 Å². The van der Waals surface area contributed by atoms with Gasteiger partial charge in [0.15, 0.2) is 6.04 Å². The number of carbonyl (C=O) groups excluding carboxylic acids is 1. The van der Waals surface area contributed by atoms with Crippen molar-refractivity contribution in [2.45, 2.75) is 13.0 Å². The summed E-state index contributed by atoms with van der Waals surface area (Å²) in [7, 11) is 0. The van der Waals surface area contributed by atoms with Gasteiger partial charge in [0, 0.05) is 0 Å². The van der Waals surface area contributed by atoms with E-state index < -0.39 is 11.8 Å². The van der Waals surface area contributed by atoms with E-state index in [0.717, 1.165) is 0 Å². The third-order valence-corrected chi connectivity index (χ3v) is 0.755. The fourth-order valence-electron chi connectivity index (χ4n) is 0.217. The summed E-state index contributed by atoms with van der Waals surface area (Å²) in [5.74, 6) is -0.604. The zero-order chi connectivity index (χ0) is 7.28. The van der Waals surface area contributed by atoms with E-state index in [1.54, 1.807) is 0 Å². The first-order chi connectivity index (χ1) is 4.22. The molecule has 0 aromatic heterocycles. The van der Waals surface area contributed by atoms with E-state index >= 15 is 0 Å². The van der Waals surface area contributed by atoms with Gasteiger partial charge in [0.2, 0.25) is 5.78 Å². The Morgan fingerprint density at radius 2 is 2.33 bits per heavy atom. The normalized spacial score (nSPS) is 13.4. The largest absolute Gasteiger partial charge is 0.411 e. The van der Waals surface area contributed by atoms with Crippen molar-refractivity contribution in [1.82, 2.24) is 0 Å². The van der Waals surface area contributed by atoms with Crippen molar-refractivity contribution in [3.63, 3.8) is 0 Å². The zero-order valence-electron chi connectivity index (χ0n) is 4.81. The van der Waals surface area contributed by atoms with Gasteiger partial charge in [-0.2, -0.15) is 4.91 Å². The zero-order valence-corrected chi connectivity index (χ0v) is 4.81. The van der Waals surface area contributed by atoms with E-state index in [1.165, 1.54) is 6.92 Å². The van der Waals surface area contributed by atoms with Crippen molar-refractivity contribution in [2.75, 3.05) is 0 Å². The highest BCUT2D eigenvalue weighted by atomic mass is 16.4. The van der Waals surface area contributed by atoms with Crippen LogP contribution in [-0.4, -0.2) is 23.2 Å². The third kappa shape index (κ3) is 2.53. The maximum absolute atomic E-state index is 10.4. The molecule has 1 atom stereocenters. The highest BCUT2D eigenvalue weighted by Gasteiger charge is 2.08. The fourth-order valence-corrected chi connectivity index (χ4v) is 0.217. The van der Waals surface area contributed by atoms with Crippen LogP contribution in [0.5, 0.6) is 0 Å². The van der Waals surface area contributed by atoms with Crippen LogP contribution in [0, 0.1) is 4.91 Å². The predicted octanol–water partition coefficient (Wildman–Crippen LogP) is 0.170. The van der Waals surface area contributed by atoms with E-state index in [-0.39, 0.29) is 0 Å². The van der Waals surface area contributed by atoms with Gasteiger partial charge in [-0.05, 0) is 6.92 Å². The van der Waals surface area contributed by atoms with Gasteiger partial charge in [0.1, 0.15) is 6.21 Å². The lowest BCUT2D eigenvalue weighted by atomic mass is 10.2. The molecule has 0 aliphatic rings. The Hall–Kier alpha value is -1.26. The van der Waals surface area contributed by atoms with Gasteiger partial charge in [-0.25, -0.2) is 0 Å². The van der Waals surface area contributed by atoms with Crippen LogP contribution in [0.25, 0.3) is 0 Å². The quantitative estimate of drug-likeness (QED) is 0.256. The van der Waals surface area contributed by atoms with Crippen molar-refractivity contribution in [2.24, 2.45) is 10.3 Å². The van der Waals surface area contributed by atoms with Gasteiger partial charge in [-0.15, -0.1) is 0 Å². The lowest BCUT2D eigenvalue weighted by molar-refractivity contribution is -0.113. The molecule has 5 heteroatoms. The van der Waals surface area contributed by atoms with Gasteiger partial charge in [0.05, 0.1) is 0 Å². The minimum Gasteiger partial charge on any atom is -0.411 e. The summed E-state index contributed by atoms with van der Waals surface area (Å²) in [6, 6.07) is -0.957. The SMILES string of the molecule is CC(N=O)C(=O)C=NO. The summed E-state index contributed by atoms with van der Waals surface area (Å²) in [6.45, 7) is 1.32. The van der Waals surface area contributed by atoms with Crippen LogP contribution in [0.4, 0.5) is 0 Å². The van der Waals surface area contributed by atoms with Gasteiger partial charge >= 0.3 is 0 Å². The Morgan fingerprint density at radius 1 is 1.78 bits per heavy atom. The van der Waals surface area contributed by atoms with Crippen LogP contribution in [-0.2, 0) is 4.79 Å². The molecule has 0 amide bonds. The minimum absolute atomic E-state index is 0.604. The molecule has 1 N–H and O–H groups in total. The van der Waals surface area contributed by atoms with E-state index in [4.69, 9.17) is 5.21 Å². The molecule has 0 saturated carbocycles. The number of rotatable bonds is 3. The van der Waals surface area contributed by atoms with Crippen LogP contribution in [0.15, 0.2) is 10.3 Å². The maximum Gasteiger partial charge on any atom is 0.204 e. The van der Waals surface area contributed by atoms with Gasteiger partial charge in [0.25, 0.3) is 0 Å². The Labute approximate surface area is 51.3 Å². The molecule has 1 unspecified atom stereocenters. The molecular weight excluding hydrogens is 124 g/mol. The fraction of sp³-hybridized carbons (Fsp3) is 0.500. The lowest BCUT2D eigenvalue weighted by Crippen LogP contribution is -2.14. The van der Waals surface area contributed by atoms with Gasteiger partial charge in [-0.3, -0.25) is 4.79 Å². The molecule has 50 valence electrons. The van der Waals surface area contributed by atoms with E-state index in [0.29, 0.717) is 6.21 Å². The third-order valence-electron chi connectivity index (χ3n) is 0.755. The van der Waals surface area contributed by atoms with Gasteiger partial charge < -0.3 is 5.21 Å². The average molecular weight is 130 g/mol. The number of Topliss-reactive ketones (excluding diaryl/α,β-unsaturated/α-hetero) is 1. The number of carbonyl (C=O) groups is 1. The second kappa shape index (κ2) is 3.71. The summed E-state index contributed by atoms with van der Waals surface area (Å²) in [5, 5.41) is 12.6. The molecule has 0 bridgehead atoms. The average Bonchev–Trinajstić information content (AvgIpc) is 1.87. The maximum atomic E-state index is 10.4. The van der Waals surface area contributed by atoms with Gasteiger partial charge in [-0.1, -0.05) is 10.3 Å². The van der Waals surface area contributed by atoms with Crippen LogP contribution in [0.2, 0.25) is 0 Å². The number of nitroso groups, excluding NO2 is 1. The molecule has 0 spiro atoms. The molecule has 0 heterocycles. The second-order valence-corrected chi connectivity index (χ2v) is 1.43. The molecule has 0 rings (SSSR count). The standard InChI is InChI=1S/C4H6N2O3/c1-3(6-9)4(7)2-5-8/h2-3,8H,1H3. The Morgan fingerprint density at radius 3 is 2.67 bits per heavy atom. The Balaban J connectivity index is 3.87.